The van der Waals surface area contributed by atoms with Gasteiger partial charge in [-0.3, -0.25) is 4.79 Å². The van der Waals surface area contributed by atoms with Gasteiger partial charge in [0.15, 0.2) is 5.78 Å². The number of ketones is 1. The molecule has 0 heterocycles. The van der Waals surface area contributed by atoms with Crippen LogP contribution in [0.3, 0.4) is 0 Å². The molecule has 4 aliphatic rings. The van der Waals surface area contributed by atoms with Gasteiger partial charge >= 0.3 is 0 Å². The molecular formula is C30H38O3. The van der Waals surface area contributed by atoms with Crippen molar-refractivity contribution in [3.05, 3.63) is 64.8 Å². The minimum atomic E-state index is -0.717. The number of aliphatic hydroxyl groups excluding tert-OH is 1. The molecule has 0 amide bonds. The Morgan fingerprint density at radius 3 is 2.61 bits per heavy atom. The van der Waals surface area contributed by atoms with Crippen molar-refractivity contribution in [3.63, 3.8) is 0 Å². The first kappa shape index (κ1) is 22.8. The van der Waals surface area contributed by atoms with E-state index in [4.69, 9.17) is 0 Å². The molecule has 3 nitrogen and oxygen atoms in total. The molecule has 0 unspecified atom stereocenters. The smallest absolute Gasteiger partial charge is 0.156 e. The summed E-state index contributed by atoms with van der Waals surface area (Å²) in [4.78, 5) is 12.2. The first-order valence-corrected chi connectivity index (χ1v) is 12.8. The predicted molar refractivity (Wildman–Crippen MR) is 133 cm³/mol. The number of hydrogen-bond donors (Lipinski definition) is 2. The third-order valence-electron chi connectivity index (χ3n) is 9.61. The SMILES string of the molecule is C=C(C)c1ccc([C@H]2C[C@]3(C)[C@@H](CC[C@@]3(O)CCCO)[C@@H]3CCC4=CC(=O)CCC4=C32)cc1. The van der Waals surface area contributed by atoms with Crippen LogP contribution in [-0.4, -0.2) is 28.2 Å². The molecule has 2 saturated carbocycles. The summed E-state index contributed by atoms with van der Waals surface area (Å²) in [5.74, 6) is 1.48. The second kappa shape index (κ2) is 8.36. The summed E-state index contributed by atoms with van der Waals surface area (Å²) in [6, 6.07) is 8.89. The van der Waals surface area contributed by atoms with Crippen molar-refractivity contribution >= 4 is 11.4 Å². The summed E-state index contributed by atoms with van der Waals surface area (Å²) >= 11 is 0. The van der Waals surface area contributed by atoms with Crippen molar-refractivity contribution in [2.75, 3.05) is 6.61 Å². The van der Waals surface area contributed by atoms with E-state index < -0.39 is 5.60 Å². The number of benzene rings is 1. The second-order valence-corrected chi connectivity index (χ2v) is 11.3. The van der Waals surface area contributed by atoms with Crippen LogP contribution in [0.5, 0.6) is 0 Å². The van der Waals surface area contributed by atoms with Crippen LogP contribution >= 0.6 is 0 Å². The van der Waals surface area contributed by atoms with Gasteiger partial charge in [-0.25, -0.2) is 0 Å². The molecule has 5 rings (SSSR count). The summed E-state index contributed by atoms with van der Waals surface area (Å²) < 4.78 is 0. The fourth-order valence-corrected chi connectivity index (χ4v) is 7.84. The summed E-state index contributed by atoms with van der Waals surface area (Å²) in [5.41, 5.74) is 6.97. The van der Waals surface area contributed by atoms with Crippen LogP contribution in [0.2, 0.25) is 0 Å². The normalized spacial score (nSPS) is 35.6. The summed E-state index contributed by atoms with van der Waals surface area (Å²) in [5, 5.41) is 21.4. The highest BCUT2D eigenvalue weighted by molar-refractivity contribution is 5.93. The monoisotopic (exact) mass is 446 g/mol. The summed E-state index contributed by atoms with van der Waals surface area (Å²) in [7, 11) is 0. The van der Waals surface area contributed by atoms with Gasteiger partial charge in [-0.1, -0.05) is 48.9 Å². The third kappa shape index (κ3) is 3.59. The summed E-state index contributed by atoms with van der Waals surface area (Å²) in [6.45, 7) is 8.60. The van der Waals surface area contributed by atoms with Gasteiger partial charge in [0.25, 0.3) is 0 Å². The summed E-state index contributed by atoms with van der Waals surface area (Å²) in [6.07, 6.45) is 9.63. The predicted octanol–water partition coefficient (Wildman–Crippen LogP) is 6.12. The number of carbonyl (C=O) groups excluding carboxylic acids is 1. The highest BCUT2D eigenvalue weighted by atomic mass is 16.3. The van der Waals surface area contributed by atoms with E-state index in [1.165, 1.54) is 22.3 Å². The van der Waals surface area contributed by atoms with Gasteiger partial charge in [0.1, 0.15) is 0 Å². The van der Waals surface area contributed by atoms with Crippen LogP contribution in [0.15, 0.2) is 53.6 Å². The quantitative estimate of drug-likeness (QED) is 0.573. The van der Waals surface area contributed by atoms with Crippen molar-refractivity contribution in [3.8, 4) is 0 Å². The maximum absolute atomic E-state index is 12.2. The maximum Gasteiger partial charge on any atom is 0.156 e. The van der Waals surface area contributed by atoms with Gasteiger partial charge in [-0.2, -0.15) is 0 Å². The molecule has 0 saturated heterocycles. The Labute approximate surface area is 198 Å². The molecule has 5 atom stereocenters. The Balaban J connectivity index is 1.63. The van der Waals surface area contributed by atoms with Gasteiger partial charge in [-0.05, 0) is 98.5 Å². The first-order chi connectivity index (χ1) is 15.8. The Morgan fingerprint density at radius 2 is 1.91 bits per heavy atom. The zero-order valence-corrected chi connectivity index (χ0v) is 20.2. The molecule has 0 aromatic heterocycles. The van der Waals surface area contributed by atoms with Crippen LogP contribution in [0, 0.1) is 17.3 Å². The Bertz CT molecular complexity index is 1030. The van der Waals surface area contributed by atoms with Crippen LogP contribution in [0.1, 0.15) is 88.7 Å². The van der Waals surface area contributed by atoms with Crippen LogP contribution < -0.4 is 0 Å². The number of aliphatic hydroxyl groups is 2. The molecule has 4 aliphatic carbocycles. The van der Waals surface area contributed by atoms with E-state index in [2.05, 4.69) is 37.8 Å². The number of hydrogen-bond acceptors (Lipinski definition) is 3. The molecule has 2 fully saturated rings. The standard InChI is InChI=1S/C30H38O3/c1-19(2)20-5-7-21(8-6-20)26-18-29(3)27(13-15-30(29,33)14-4-16-31)25-11-9-22-17-23(32)10-12-24(22)28(25)26/h5-8,17,25-27,31,33H,1,4,9-16,18H2,2-3H3/t25-,26+,27-,29+,30-/m0/s1. The third-order valence-corrected chi connectivity index (χ3v) is 9.61. The molecule has 0 bridgehead atoms. The fraction of sp³-hybridized carbons (Fsp3) is 0.567. The molecule has 2 N–H and O–H groups in total. The molecule has 0 aliphatic heterocycles. The fourth-order valence-electron chi connectivity index (χ4n) is 7.84. The van der Waals surface area contributed by atoms with Gasteiger partial charge < -0.3 is 10.2 Å². The zero-order chi connectivity index (χ0) is 23.4. The molecule has 1 aromatic rings. The lowest BCUT2D eigenvalue weighted by Crippen LogP contribution is -2.51. The van der Waals surface area contributed by atoms with E-state index >= 15 is 0 Å². The van der Waals surface area contributed by atoms with Crippen molar-refractivity contribution in [1.29, 1.82) is 0 Å². The van der Waals surface area contributed by atoms with E-state index in [-0.39, 0.29) is 23.7 Å². The van der Waals surface area contributed by atoms with Crippen molar-refractivity contribution in [2.45, 2.75) is 83.2 Å². The lowest BCUT2D eigenvalue weighted by atomic mass is 9.51. The van der Waals surface area contributed by atoms with E-state index in [0.717, 1.165) is 44.1 Å². The van der Waals surface area contributed by atoms with Crippen molar-refractivity contribution in [2.24, 2.45) is 17.3 Å². The molecule has 176 valence electrons. The highest BCUT2D eigenvalue weighted by Gasteiger charge is 2.62. The molecular weight excluding hydrogens is 408 g/mol. The van der Waals surface area contributed by atoms with Crippen LogP contribution in [-0.2, 0) is 4.79 Å². The molecule has 1 aromatic carbocycles. The first-order valence-electron chi connectivity index (χ1n) is 12.8. The number of carbonyl (C=O) groups is 1. The van der Waals surface area contributed by atoms with E-state index in [1.807, 2.05) is 13.0 Å². The maximum atomic E-state index is 12.2. The molecule has 3 heteroatoms. The minimum absolute atomic E-state index is 0.135. The Morgan fingerprint density at radius 1 is 1.15 bits per heavy atom. The van der Waals surface area contributed by atoms with E-state index in [1.54, 1.807) is 5.57 Å². The van der Waals surface area contributed by atoms with Crippen LogP contribution in [0.4, 0.5) is 0 Å². The van der Waals surface area contributed by atoms with Gasteiger partial charge in [0.2, 0.25) is 0 Å². The number of fused-ring (bicyclic) bond motifs is 4. The average molecular weight is 447 g/mol. The average Bonchev–Trinajstić information content (AvgIpc) is 3.07. The molecule has 0 radical (unpaired) electrons. The largest absolute Gasteiger partial charge is 0.396 e. The molecule has 0 spiro atoms. The van der Waals surface area contributed by atoms with Crippen molar-refractivity contribution < 1.29 is 15.0 Å². The zero-order valence-electron chi connectivity index (χ0n) is 20.2. The van der Waals surface area contributed by atoms with E-state index in [0.29, 0.717) is 31.1 Å². The second-order valence-electron chi connectivity index (χ2n) is 11.3. The van der Waals surface area contributed by atoms with Gasteiger partial charge in [0, 0.05) is 24.4 Å². The van der Waals surface area contributed by atoms with Crippen LogP contribution in [0.25, 0.3) is 5.57 Å². The lowest BCUT2D eigenvalue weighted by Gasteiger charge is -2.55. The lowest BCUT2D eigenvalue weighted by molar-refractivity contribution is -0.114. The highest BCUT2D eigenvalue weighted by Crippen LogP contribution is 2.67. The van der Waals surface area contributed by atoms with Gasteiger partial charge in [0.05, 0.1) is 5.60 Å². The topological polar surface area (TPSA) is 57.5 Å². The van der Waals surface area contributed by atoms with E-state index in [9.17, 15) is 15.0 Å². The Hall–Kier alpha value is -1.97. The number of allylic oxidation sites excluding steroid dienone is 5. The number of rotatable bonds is 5. The minimum Gasteiger partial charge on any atom is -0.396 e. The van der Waals surface area contributed by atoms with Crippen molar-refractivity contribution in [1.82, 2.24) is 0 Å². The molecule has 33 heavy (non-hydrogen) atoms. The Kier molecular flexibility index (Phi) is 5.77. The van der Waals surface area contributed by atoms with Gasteiger partial charge in [-0.15, -0.1) is 0 Å².